The Morgan fingerprint density at radius 1 is 1.03 bits per heavy atom. The maximum absolute atomic E-state index is 12.6. The summed E-state index contributed by atoms with van der Waals surface area (Å²) in [7, 11) is 0. The fourth-order valence-electron chi connectivity index (χ4n) is 3.08. The van der Waals surface area contributed by atoms with Crippen molar-refractivity contribution in [1.29, 1.82) is 0 Å². The van der Waals surface area contributed by atoms with Crippen molar-refractivity contribution in [2.75, 3.05) is 5.32 Å². The molecule has 4 aromatic rings. The van der Waals surface area contributed by atoms with Gasteiger partial charge in [-0.15, -0.1) is 0 Å². The van der Waals surface area contributed by atoms with Crippen molar-refractivity contribution in [3.63, 3.8) is 0 Å². The van der Waals surface area contributed by atoms with E-state index < -0.39 is 0 Å². The smallest absolute Gasteiger partial charge is 0.255 e. The Labute approximate surface area is 174 Å². The van der Waals surface area contributed by atoms with Crippen LogP contribution < -0.4 is 5.32 Å². The summed E-state index contributed by atoms with van der Waals surface area (Å²) < 4.78 is 5.92. The van der Waals surface area contributed by atoms with E-state index in [-0.39, 0.29) is 5.91 Å². The molecule has 0 saturated heterocycles. The Bertz CT molecular complexity index is 1190. The van der Waals surface area contributed by atoms with Gasteiger partial charge in [0.25, 0.3) is 5.91 Å². The first kappa shape index (κ1) is 19.2. The number of nitrogens with one attached hydrogen (secondary N) is 1. The van der Waals surface area contributed by atoms with Crippen LogP contribution in [0.1, 0.15) is 41.3 Å². The molecular weight excluding hydrogens is 384 g/mol. The Kier molecular flexibility index (Phi) is 5.12. The molecule has 3 aromatic carbocycles. The molecule has 0 bridgehead atoms. The van der Waals surface area contributed by atoms with Crippen LogP contribution in [0, 0.1) is 6.92 Å². The average Bonchev–Trinajstić information content (AvgIpc) is 3.13. The Morgan fingerprint density at radius 3 is 2.52 bits per heavy atom. The van der Waals surface area contributed by atoms with Gasteiger partial charge in [0.15, 0.2) is 5.58 Å². The van der Waals surface area contributed by atoms with E-state index in [0.29, 0.717) is 28.1 Å². The van der Waals surface area contributed by atoms with Gasteiger partial charge < -0.3 is 9.73 Å². The number of hydrogen-bond donors (Lipinski definition) is 1. The van der Waals surface area contributed by atoms with Crippen molar-refractivity contribution in [1.82, 2.24) is 4.98 Å². The number of nitrogens with zero attached hydrogens (tertiary/aromatic N) is 1. The number of anilines is 1. The highest BCUT2D eigenvalue weighted by Gasteiger charge is 2.14. The maximum atomic E-state index is 12.6. The fraction of sp³-hybridized carbons (Fsp3) is 0.167. The van der Waals surface area contributed by atoms with E-state index >= 15 is 0 Å². The third-order valence-corrected chi connectivity index (χ3v) is 5.18. The second-order valence-electron chi connectivity index (χ2n) is 7.42. The lowest BCUT2D eigenvalue weighted by molar-refractivity contribution is 0.102. The number of halogens is 1. The Balaban J connectivity index is 1.65. The quantitative estimate of drug-likeness (QED) is 0.405. The van der Waals surface area contributed by atoms with Gasteiger partial charge in [0, 0.05) is 11.1 Å². The predicted octanol–water partition coefficient (Wildman–Crippen LogP) is 6.83. The SMILES string of the molecule is Cc1ccc(C(=O)Nc2cc(-c3nc4cc(C(C)C)ccc4o3)ccc2Cl)cc1. The summed E-state index contributed by atoms with van der Waals surface area (Å²) in [6.45, 7) is 6.27. The van der Waals surface area contributed by atoms with Crippen LogP contribution in [0.3, 0.4) is 0 Å². The summed E-state index contributed by atoms with van der Waals surface area (Å²) in [5.74, 6) is 0.685. The van der Waals surface area contributed by atoms with Crippen LogP contribution >= 0.6 is 11.6 Å². The number of carbonyl (C=O) groups is 1. The van der Waals surface area contributed by atoms with Gasteiger partial charge in [0.1, 0.15) is 5.52 Å². The van der Waals surface area contributed by atoms with Crippen LogP contribution in [0.2, 0.25) is 5.02 Å². The van der Waals surface area contributed by atoms with Crippen molar-refractivity contribution >= 4 is 34.3 Å². The van der Waals surface area contributed by atoms with Gasteiger partial charge in [-0.25, -0.2) is 4.98 Å². The van der Waals surface area contributed by atoms with E-state index in [0.717, 1.165) is 22.2 Å². The molecule has 4 rings (SSSR count). The minimum atomic E-state index is -0.219. The number of rotatable bonds is 4. The fourth-order valence-corrected chi connectivity index (χ4v) is 3.25. The number of fused-ring (bicyclic) bond motifs is 1. The molecule has 0 aliphatic heterocycles. The summed E-state index contributed by atoms with van der Waals surface area (Å²) in [6, 6.07) is 18.8. The third kappa shape index (κ3) is 4.03. The molecule has 1 heterocycles. The van der Waals surface area contributed by atoms with Crippen molar-refractivity contribution in [2.45, 2.75) is 26.7 Å². The molecule has 1 N–H and O–H groups in total. The maximum Gasteiger partial charge on any atom is 0.255 e. The number of aromatic nitrogens is 1. The largest absolute Gasteiger partial charge is 0.436 e. The van der Waals surface area contributed by atoms with Crippen molar-refractivity contribution < 1.29 is 9.21 Å². The second kappa shape index (κ2) is 7.72. The summed E-state index contributed by atoms with van der Waals surface area (Å²) in [6.07, 6.45) is 0. The molecule has 0 aliphatic rings. The zero-order valence-electron chi connectivity index (χ0n) is 16.5. The van der Waals surface area contributed by atoms with Gasteiger partial charge in [-0.05, 0) is 60.9 Å². The van der Waals surface area contributed by atoms with Gasteiger partial charge in [0.05, 0.1) is 10.7 Å². The number of aryl methyl sites for hydroxylation is 1. The Hall–Kier alpha value is -3.11. The van der Waals surface area contributed by atoms with E-state index in [9.17, 15) is 4.79 Å². The minimum absolute atomic E-state index is 0.219. The van der Waals surface area contributed by atoms with Crippen LogP contribution in [0.25, 0.3) is 22.6 Å². The lowest BCUT2D eigenvalue weighted by Crippen LogP contribution is -2.12. The second-order valence-corrected chi connectivity index (χ2v) is 7.82. The molecule has 0 unspecified atom stereocenters. The zero-order chi connectivity index (χ0) is 20.5. The van der Waals surface area contributed by atoms with Crippen molar-refractivity contribution in [3.05, 3.63) is 82.4 Å². The lowest BCUT2D eigenvalue weighted by Gasteiger charge is -2.09. The lowest BCUT2D eigenvalue weighted by atomic mass is 10.0. The molecule has 29 heavy (non-hydrogen) atoms. The van der Waals surface area contributed by atoms with Gasteiger partial charge in [-0.2, -0.15) is 0 Å². The Morgan fingerprint density at radius 2 is 1.79 bits per heavy atom. The van der Waals surface area contributed by atoms with Crippen LogP contribution in [0.5, 0.6) is 0 Å². The normalized spacial score (nSPS) is 11.2. The molecule has 1 aromatic heterocycles. The first-order chi connectivity index (χ1) is 13.9. The van der Waals surface area contributed by atoms with E-state index in [1.54, 1.807) is 24.3 Å². The highest BCUT2D eigenvalue weighted by atomic mass is 35.5. The number of carbonyl (C=O) groups excluding carboxylic acids is 1. The molecule has 0 saturated carbocycles. The number of amides is 1. The molecule has 0 atom stereocenters. The molecule has 0 aliphatic carbocycles. The molecular formula is C24H21ClN2O2. The molecule has 0 spiro atoms. The minimum Gasteiger partial charge on any atom is -0.436 e. The highest BCUT2D eigenvalue weighted by molar-refractivity contribution is 6.34. The first-order valence-electron chi connectivity index (χ1n) is 9.49. The zero-order valence-corrected chi connectivity index (χ0v) is 17.2. The van der Waals surface area contributed by atoms with Crippen molar-refractivity contribution in [3.8, 4) is 11.5 Å². The first-order valence-corrected chi connectivity index (χ1v) is 9.87. The number of benzene rings is 3. The number of hydrogen-bond acceptors (Lipinski definition) is 3. The van der Waals surface area contributed by atoms with E-state index in [2.05, 4.69) is 30.2 Å². The van der Waals surface area contributed by atoms with Gasteiger partial charge in [-0.1, -0.05) is 49.2 Å². The monoisotopic (exact) mass is 404 g/mol. The molecule has 0 fully saturated rings. The van der Waals surface area contributed by atoms with Crippen LogP contribution in [-0.4, -0.2) is 10.9 Å². The molecule has 4 nitrogen and oxygen atoms in total. The predicted molar refractivity (Wildman–Crippen MR) is 118 cm³/mol. The summed E-state index contributed by atoms with van der Waals surface area (Å²) in [5, 5.41) is 3.32. The number of oxazole rings is 1. The van der Waals surface area contributed by atoms with Gasteiger partial charge >= 0.3 is 0 Å². The summed E-state index contributed by atoms with van der Waals surface area (Å²) >= 11 is 6.31. The van der Waals surface area contributed by atoms with Crippen LogP contribution in [0.4, 0.5) is 5.69 Å². The topological polar surface area (TPSA) is 55.1 Å². The van der Waals surface area contributed by atoms with Gasteiger partial charge in [-0.3, -0.25) is 4.79 Å². The average molecular weight is 405 g/mol. The molecule has 5 heteroatoms. The van der Waals surface area contributed by atoms with Crippen LogP contribution in [-0.2, 0) is 0 Å². The van der Waals surface area contributed by atoms with Gasteiger partial charge in [0.2, 0.25) is 5.89 Å². The van der Waals surface area contributed by atoms with Crippen molar-refractivity contribution in [2.24, 2.45) is 0 Å². The standard InChI is InChI=1S/C24H21ClN2O2/c1-14(2)17-9-11-22-21(12-17)27-24(29-22)18-8-10-19(25)20(13-18)26-23(28)16-6-4-15(3)5-7-16/h4-14H,1-3H3,(H,26,28). The van der Waals surface area contributed by atoms with E-state index in [4.69, 9.17) is 16.0 Å². The molecule has 1 amide bonds. The molecule has 0 radical (unpaired) electrons. The summed E-state index contributed by atoms with van der Waals surface area (Å²) in [4.78, 5) is 17.2. The highest BCUT2D eigenvalue weighted by Crippen LogP contribution is 2.31. The van der Waals surface area contributed by atoms with E-state index in [1.807, 2.05) is 37.3 Å². The molecule has 146 valence electrons. The summed E-state index contributed by atoms with van der Waals surface area (Å²) in [5.41, 5.74) is 5.67. The van der Waals surface area contributed by atoms with E-state index in [1.165, 1.54) is 5.56 Å². The third-order valence-electron chi connectivity index (χ3n) is 4.85. The van der Waals surface area contributed by atoms with Crippen LogP contribution in [0.15, 0.2) is 65.1 Å².